The standard InChI is InChI=1S/C10H14N2O2/c11-9-3-8(4-9)10(13)12-5-7-1-2-14-6-7/h1-2,6,8-9H,3-5,11H2,(H,12,13). The number of carbonyl (C=O) groups excluding carboxylic acids is 1. The summed E-state index contributed by atoms with van der Waals surface area (Å²) in [6.07, 6.45) is 4.86. The Morgan fingerprint density at radius 1 is 1.64 bits per heavy atom. The molecule has 1 saturated carbocycles. The van der Waals surface area contributed by atoms with Crippen molar-refractivity contribution in [3.8, 4) is 0 Å². The van der Waals surface area contributed by atoms with Gasteiger partial charge in [-0.15, -0.1) is 0 Å². The van der Waals surface area contributed by atoms with Gasteiger partial charge in [-0.25, -0.2) is 0 Å². The first-order valence-corrected chi connectivity index (χ1v) is 4.80. The average Bonchev–Trinajstić information content (AvgIpc) is 2.61. The number of carbonyl (C=O) groups is 1. The lowest BCUT2D eigenvalue weighted by Crippen LogP contribution is -2.44. The van der Waals surface area contributed by atoms with E-state index in [1.54, 1.807) is 12.5 Å². The molecule has 0 atom stereocenters. The Hall–Kier alpha value is -1.29. The Kier molecular flexibility index (Phi) is 2.54. The van der Waals surface area contributed by atoms with Gasteiger partial charge in [-0.1, -0.05) is 0 Å². The molecule has 4 heteroatoms. The predicted octanol–water partition coefficient (Wildman–Crippen LogP) is 0.633. The summed E-state index contributed by atoms with van der Waals surface area (Å²) in [5.74, 6) is 0.227. The minimum atomic E-state index is 0.105. The molecule has 0 spiro atoms. The highest BCUT2D eigenvalue weighted by atomic mass is 16.3. The maximum absolute atomic E-state index is 11.5. The molecule has 1 aliphatic carbocycles. The number of nitrogens with two attached hydrogens (primary N) is 1. The number of amides is 1. The van der Waals surface area contributed by atoms with Crippen LogP contribution in [0.3, 0.4) is 0 Å². The third-order valence-corrected chi connectivity index (χ3v) is 2.59. The third-order valence-electron chi connectivity index (χ3n) is 2.59. The zero-order valence-electron chi connectivity index (χ0n) is 7.90. The van der Waals surface area contributed by atoms with Crippen LogP contribution in [0.15, 0.2) is 23.0 Å². The summed E-state index contributed by atoms with van der Waals surface area (Å²) in [4.78, 5) is 11.5. The lowest BCUT2D eigenvalue weighted by molar-refractivity contribution is -0.128. The second-order valence-corrected chi connectivity index (χ2v) is 3.78. The molecule has 0 aromatic carbocycles. The molecule has 1 fully saturated rings. The van der Waals surface area contributed by atoms with Crippen molar-refractivity contribution in [1.29, 1.82) is 0 Å². The Labute approximate surface area is 82.5 Å². The normalized spacial score (nSPS) is 25.5. The van der Waals surface area contributed by atoms with Gasteiger partial charge in [0.2, 0.25) is 5.91 Å². The largest absolute Gasteiger partial charge is 0.472 e. The number of hydrogen-bond acceptors (Lipinski definition) is 3. The second-order valence-electron chi connectivity index (χ2n) is 3.78. The van der Waals surface area contributed by atoms with Crippen LogP contribution in [-0.4, -0.2) is 11.9 Å². The van der Waals surface area contributed by atoms with Gasteiger partial charge < -0.3 is 15.5 Å². The molecule has 0 radical (unpaired) electrons. The molecule has 0 unspecified atom stereocenters. The summed E-state index contributed by atoms with van der Waals surface area (Å²) in [5, 5.41) is 2.85. The molecule has 0 aliphatic heterocycles. The molecule has 14 heavy (non-hydrogen) atoms. The first-order valence-electron chi connectivity index (χ1n) is 4.80. The molecule has 1 aromatic heterocycles. The Morgan fingerprint density at radius 2 is 2.43 bits per heavy atom. The van der Waals surface area contributed by atoms with E-state index in [1.165, 1.54) is 0 Å². The monoisotopic (exact) mass is 194 g/mol. The first kappa shape index (κ1) is 9.27. The first-order chi connectivity index (χ1) is 6.75. The van der Waals surface area contributed by atoms with Gasteiger partial charge >= 0.3 is 0 Å². The average molecular weight is 194 g/mol. The third kappa shape index (κ3) is 1.96. The topological polar surface area (TPSA) is 68.3 Å². The highest BCUT2D eigenvalue weighted by Crippen LogP contribution is 2.25. The Bertz CT molecular complexity index is 302. The maximum Gasteiger partial charge on any atom is 0.223 e. The van der Waals surface area contributed by atoms with E-state index in [2.05, 4.69) is 5.32 Å². The Morgan fingerprint density at radius 3 is 3.00 bits per heavy atom. The summed E-state index contributed by atoms with van der Waals surface area (Å²) in [6.45, 7) is 0.543. The number of rotatable bonds is 3. The van der Waals surface area contributed by atoms with E-state index in [0.717, 1.165) is 18.4 Å². The van der Waals surface area contributed by atoms with Gasteiger partial charge in [0.25, 0.3) is 0 Å². The molecule has 4 nitrogen and oxygen atoms in total. The second kappa shape index (κ2) is 3.84. The lowest BCUT2D eigenvalue weighted by Gasteiger charge is -2.30. The van der Waals surface area contributed by atoms with Crippen LogP contribution >= 0.6 is 0 Å². The summed E-state index contributed by atoms with van der Waals surface area (Å²) in [6, 6.07) is 2.06. The van der Waals surface area contributed by atoms with Crippen LogP contribution in [0.5, 0.6) is 0 Å². The van der Waals surface area contributed by atoms with Crippen molar-refractivity contribution in [2.75, 3.05) is 0 Å². The highest BCUT2D eigenvalue weighted by Gasteiger charge is 2.31. The molecule has 76 valence electrons. The van der Waals surface area contributed by atoms with E-state index in [1.807, 2.05) is 6.07 Å². The number of hydrogen-bond donors (Lipinski definition) is 2. The highest BCUT2D eigenvalue weighted by molar-refractivity contribution is 5.79. The number of furan rings is 1. The van der Waals surface area contributed by atoms with E-state index >= 15 is 0 Å². The quantitative estimate of drug-likeness (QED) is 0.741. The van der Waals surface area contributed by atoms with Crippen molar-refractivity contribution >= 4 is 5.91 Å². The summed E-state index contributed by atoms with van der Waals surface area (Å²) in [7, 11) is 0. The van der Waals surface area contributed by atoms with Gasteiger partial charge in [0.1, 0.15) is 0 Å². The fourth-order valence-corrected chi connectivity index (χ4v) is 1.60. The van der Waals surface area contributed by atoms with Crippen molar-refractivity contribution < 1.29 is 9.21 Å². The van der Waals surface area contributed by atoms with Gasteiger partial charge in [0.15, 0.2) is 0 Å². The molecule has 2 rings (SSSR count). The molecule has 3 N–H and O–H groups in total. The molecule has 1 aromatic rings. The fourth-order valence-electron chi connectivity index (χ4n) is 1.60. The predicted molar refractivity (Wildman–Crippen MR) is 51.3 cm³/mol. The van der Waals surface area contributed by atoms with Crippen molar-refractivity contribution in [2.45, 2.75) is 25.4 Å². The van der Waals surface area contributed by atoms with Crippen LogP contribution < -0.4 is 11.1 Å². The van der Waals surface area contributed by atoms with E-state index in [4.69, 9.17) is 10.2 Å². The molecular formula is C10H14N2O2. The van der Waals surface area contributed by atoms with E-state index in [0.29, 0.717) is 6.54 Å². The van der Waals surface area contributed by atoms with Crippen LogP contribution in [0.2, 0.25) is 0 Å². The summed E-state index contributed by atoms with van der Waals surface area (Å²) in [5.41, 5.74) is 6.59. The summed E-state index contributed by atoms with van der Waals surface area (Å²) >= 11 is 0. The van der Waals surface area contributed by atoms with Crippen molar-refractivity contribution in [2.24, 2.45) is 11.7 Å². The molecule has 0 saturated heterocycles. The zero-order valence-corrected chi connectivity index (χ0v) is 7.90. The van der Waals surface area contributed by atoms with E-state index < -0.39 is 0 Å². The minimum Gasteiger partial charge on any atom is -0.472 e. The van der Waals surface area contributed by atoms with Crippen LogP contribution in [0, 0.1) is 5.92 Å². The van der Waals surface area contributed by atoms with Crippen LogP contribution in [-0.2, 0) is 11.3 Å². The van der Waals surface area contributed by atoms with E-state index in [-0.39, 0.29) is 17.9 Å². The molecule has 0 bridgehead atoms. The molecule has 1 amide bonds. The molecular weight excluding hydrogens is 180 g/mol. The minimum absolute atomic E-state index is 0.105. The van der Waals surface area contributed by atoms with Gasteiger partial charge in [0, 0.05) is 24.1 Å². The van der Waals surface area contributed by atoms with Crippen molar-refractivity contribution in [1.82, 2.24) is 5.32 Å². The van der Waals surface area contributed by atoms with Crippen LogP contribution in [0.1, 0.15) is 18.4 Å². The zero-order chi connectivity index (χ0) is 9.97. The lowest BCUT2D eigenvalue weighted by atomic mass is 9.80. The number of nitrogens with one attached hydrogen (secondary N) is 1. The van der Waals surface area contributed by atoms with Crippen molar-refractivity contribution in [3.05, 3.63) is 24.2 Å². The summed E-state index contributed by atoms with van der Waals surface area (Å²) < 4.78 is 4.89. The van der Waals surface area contributed by atoms with Gasteiger partial charge in [-0.3, -0.25) is 4.79 Å². The molecule has 1 heterocycles. The van der Waals surface area contributed by atoms with Gasteiger partial charge in [0.05, 0.1) is 12.5 Å². The van der Waals surface area contributed by atoms with Gasteiger partial charge in [-0.05, 0) is 18.9 Å². The van der Waals surface area contributed by atoms with Crippen LogP contribution in [0.4, 0.5) is 0 Å². The van der Waals surface area contributed by atoms with Crippen LogP contribution in [0.25, 0.3) is 0 Å². The molecule has 1 aliphatic rings. The fraction of sp³-hybridized carbons (Fsp3) is 0.500. The van der Waals surface area contributed by atoms with Gasteiger partial charge in [-0.2, -0.15) is 0 Å². The Balaban J connectivity index is 1.73. The van der Waals surface area contributed by atoms with E-state index in [9.17, 15) is 4.79 Å². The maximum atomic E-state index is 11.5. The SMILES string of the molecule is NC1CC(C(=O)NCc2ccoc2)C1. The smallest absolute Gasteiger partial charge is 0.223 e. The van der Waals surface area contributed by atoms with Crippen molar-refractivity contribution in [3.63, 3.8) is 0 Å².